The molecule has 2 rings (SSSR count). The van der Waals surface area contributed by atoms with Crippen LogP contribution in [-0.2, 0) is 0 Å². The monoisotopic (exact) mass is 260 g/mol. The Balaban J connectivity index is 2.31. The number of pyridine rings is 1. The quantitative estimate of drug-likeness (QED) is 0.795. The zero-order valence-electron chi connectivity index (χ0n) is 11.4. The molecule has 0 saturated heterocycles. The molecule has 2 nitrogen and oxygen atoms in total. The number of hydrogen-bond acceptors (Lipinski definition) is 3. The van der Waals surface area contributed by atoms with E-state index >= 15 is 0 Å². The van der Waals surface area contributed by atoms with E-state index in [-0.39, 0.29) is 0 Å². The highest BCUT2D eigenvalue weighted by Gasteiger charge is 2.19. The summed E-state index contributed by atoms with van der Waals surface area (Å²) in [5, 5.41) is 9.94. The number of thioether (sulfide) groups is 1. The summed E-state index contributed by atoms with van der Waals surface area (Å²) in [6.45, 7) is 6.21. The van der Waals surface area contributed by atoms with Gasteiger partial charge in [-0.15, -0.1) is 11.8 Å². The summed E-state index contributed by atoms with van der Waals surface area (Å²) >= 11 is 1.88. The molecule has 1 saturated carbocycles. The van der Waals surface area contributed by atoms with Crippen LogP contribution >= 0.6 is 11.8 Å². The first-order chi connectivity index (χ1) is 8.63. The van der Waals surface area contributed by atoms with Gasteiger partial charge in [0.25, 0.3) is 0 Å². The fourth-order valence-corrected chi connectivity index (χ4v) is 3.93. The van der Waals surface area contributed by atoms with Crippen molar-refractivity contribution in [1.82, 2.24) is 4.98 Å². The van der Waals surface area contributed by atoms with Crippen molar-refractivity contribution in [2.75, 3.05) is 0 Å². The van der Waals surface area contributed by atoms with Crippen molar-refractivity contribution < 1.29 is 0 Å². The molecule has 18 heavy (non-hydrogen) atoms. The fourth-order valence-electron chi connectivity index (χ4n) is 2.49. The molecule has 0 bridgehead atoms. The van der Waals surface area contributed by atoms with Crippen molar-refractivity contribution in [2.45, 2.75) is 63.0 Å². The number of nitrogens with zero attached hydrogens (tertiary/aromatic N) is 2. The first-order valence-electron chi connectivity index (χ1n) is 6.68. The van der Waals surface area contributed by atoms with E-state index in [1.54, 1.807) is 0 Å². The number of hydrogen-bond donors (Lipinski definition) is 0. The van der Waals surface area contributed by atoms with Crippen LogP contribution in [0.25, 0.3) is 0 Å². The molecule has 0 N–H and O–H groups in total. The van der Waals surface area contributed by atoms with Crippen LogP contribution in [0, 0.1) is 32.1 Å². The van der Waals surface area contributed by atoms with Crippen molar-refractivity contribution in [3.63, 3.8) is 0 Å². The number of rotatable bonds is 2. The molecular formula is C15H20N2S. The van der Waals surface area contributed by atoms with Gasteiger partial charge < -0.3 is 0 Å². The molecule has 3 heteroatoms. The smallest absolute Gasteiger partial charge is 0.154 e. The lowest BCUT2D eigenvalue weighted by Gasteiger charge is -2.22. The third-order valence-electron chi connectivity index (χ3n) is 3.88. The van der Waals surface area contributed by atoms with Crippen molar-refractivity contribution in [2.24, 2.45) is 0 Å². The average molecular weight is 260 g/mol. The van der Waals surface area contributed by atoms with Crippen molar-refractivity contribution >= 4 is 11.8 Å². The Bertz CT molecular complexity index is 482. The minimum atomic E-state index is 0.617. The predicted octanol–water partition coefficient (Wildman–Crippen LogP) is 4.30. The largest absolute Gasteiger partial charge is 0.241 e. The summed E-state index contributed by atoms with van der Waals surface area (Å²) in [7, 11) is 0. The van der Waals surface area contributed by atoms with Gasteiger partial charge in [-0.3, -0.25) is 0 Å². The molecule has 0 atom stereocenters. The van der Waals surface area contributed by atoms with E-state index in [9.17, 15) is 5.26 Å². The van der Waals surface area contributed by atoms with E-state index in [1.165, 1.54) is 43.2 Å². The van der Waals surface area contributed by atoms with Gasteiger partial charge in [0.05, 0.1) is 0 Å². The maximum atomic E-state index is 9.26. The van der Waals surface area contributed by atoms with E-state index in [0.29, 0.717) is 10.9 Å². The first-order valence-corrected chi connectivity index (χ1v) is 7.56. The third-order valence-corrected chi connectivity index (χ3v) is 5.42. The highest BCUT2D eigenvalue weighted by molar-refractivity contribution is 8.00. The van der Waals surface area contributed by atoms with Crippen LogP contribution in [0.5, 0.6) is 0 Å². The first kappa shape index (κ1) is 13.4. The van der Waals surface area contributed by atoms with Crippen molar-refractivity contribution in [3.05, 3.63) is 22.5 Å². The second-order valence-electron chi connectivity index (χ2n) is 5.11. The maximum absolute atomic E-state index is 9.26. The van der Waals surface area contributed by atoms with Gasteiger partial charge in [-0.2, -0.15) is 5.26 Å². The highest BCUT2D eigenvalue weighted by Crippen LogP contribution is 2.37. The summed E-state index contributed by atoms with van der Waals surface area (Å²) in [5.41, 5.74) is 4.07. The minimum absolute atomic E-state index is 0.617. The van der Waals surface area contributed by atoms with Gasteiger partial charge >= 0.3 is 0 Å². The van der Waals surface area contributed by atoms with Gasteiger partial charge in [0.15, 0.2) is 5.69 Å². The van der Waals surface area contributed by atoms with E-state index in [2.05, 4.69) is 24.9 Å². The molecule has 1 heterocycles. The maximum Gasteiger partial charge on any atom is 0.154 e. The van der Waals surface area contributed by atoms with E-state index in [4.69, 9.17) is 0 Å². The van der Waals surface area contributed by atoms with Crippen molar-refractivity contribution in [3.8, 4) is 6.07 Å². The molecule has 1 aromatic heterocycles. The SMILES string of the molecule is Cc1nc(C#N)c(SC2CCCCC2)c(C)c1C. The summed E-state index contributed by atoms with van der Waals surface area (Å²) in [6, 6.07) is 2.26. The Kier molecular flexibility index (Phi) is 4.29. The fraction of sp³-hybridized carbons (Fsp3) is 0.600. The van der Waals surface area contributed by atoms with Crippen LogP contribution in [0.15, 0.2) is 4.90 Å². The third kappa shape index (κ3) is 2.70. The number of aryl methyl sites for hydroxylation is 1. The second kappa shape index (κ2) is 5.75. The van der Waals surface area contributed by atoms with E-state index in [1.807, 2.05) is 18.7 Å². The molecule has 0 spiro atoms. The van der Waals surface area contributed by atoms with E-state index in [0.717, 1.165) is 10.6 Å². The van der Waals surface area contributed by atoms with E-state index < -0.39 is 0 Å². The van der Waals surface area contributed by atoms with Gasteiger partial charge in [-0.05, 0) is 44.7 Å². The zero-order chi connectivity index (χ0) is 13.1. The lowest BCUT2D eigenvalue weighted by atomic mass is 10.0. The minimum Gasteiger partial charge on any atom is -0.241 e. The molecule has 1 fully saturated rings. The molecule has 1 aliphatic rings. The zero-order valence-corrected chi connectivity index (χ0v) is 12.2. The summed E-state index contributed by atoms with van der Waals surface area (Å²) in [6.07, 6.45) is 6.59. The van der Waals surface area contributed by atoms with Gasteiger partial charge in [0.2, 0.25) is 0 Å². The molecule has 0 aliphatic heterocycles. The molecule has 0 aromatic carbocycles. The lowest BCUT2D eigenvalue weighted by molar-refractivity contribution is 0.516. The molecule has 1 aromatic rings. The van der Waals surface area contributed by atoms with Crippen molar-refractivity contribution in [1.29, 1.82) is 5.26 Å². The van der Waals surface area contributed by atoms with Crippen LogP contribution in [0.1, 0.15) is 54.6 Å². The Labute approximate surface area is 114 Å². The Morgan fingerprint density at radius 2 is 1.78 bits per heavy atom. The van der Waals surface area contributed by atoms with Crippen LogP contribution in [0.3, 0.4) is 0 Å². The Morgan fingerprint density at radius 1 is 1.11 bits per heavy atom. The molecule has 1 aliphatic carbocycles. The van der Waals surface area contributed by atoms with Gasteiger partial charge in [0, 0.05) is 15.8 Å². The van der Waals surface area contributed by atoms with Crippen LogP contribution in [-0.4, -0.2) is 10.2 Å². The Hall–Kier alpha value is -1.01. The lowest BCUT2D eigenvalue weighted by Crippen LogP contribution is -2.09. The molecule has 0 radical (unpaired) electrons. The summed E-state index contributed by atoms with van der Waals surface area (Å²) in [4.78, 5) is 5.55. The molecule has 0 amide bonds. The normalized spacial score (nSPS) is 16.6. The van der Waals surface area contributed by atoms with Crippen LogP contribution in [0.2, 0.25) is 0 Å². The van der Waals surface area contributed by atoms with Crippen LogP contribution < -0.4 is 0 Å². The number of nitriles is 1. The topological polar surface area (TPSA) is 36.7 Å². The van der Waals surface area contributed by atoms with Gasteiger partial charge in [-0.1, -0.05) is 19.3 Å². The highest BCUT2D eigenvalue weighted by atomic mass is 32.2. The summed E-state index contributed by atoms with van der Waals surface area (Å²) in [5.74, 6) is 0. The van der Waals surface area contributed by atoms with Gasteiger partial charge in [0.1, 0.15) is 6.07 Å². The molecular weight excluding hydrogens is 240 g/mol. The molecule has 0 unspecified atom stereocenters. The predicted molar refractivity (Wildman–Crippen MR) is 75.9 cm³/mol. The van der Waals surface area contributed by atoms with Gasteiger partial charge in [-0.25, -0.2) is 4.98 Å². The standard InChI is InChI=1S/C15H20N2S/c1-10-11(2)15(14(9-16)17-12(10)3)18-13-7-5-4-6-8-13/h13H,4-8H2,1-3H3. The summed E-state index contributed by atoms with van der Waals surface area (Å²) < 4.78 is 0. The molecule has 96 valence electrons. The van der Waals surface area contributed by atoms with Crippen LogP contribution in [0.4, 0.5) is 0 Å². The second-order valence-corrected chi connectivity index (χ2v) is 6.43. The average Bonchev–Trinajstić information content (AvgIpc) is 2.40. The Morgan fingerprint density at radius 3 is 2.39 bits per heavy atom. The number of aromatic nitrogens is 1.